The fourth-order valence-electron chi connectivity index (χ4n) is 1.13. The molecule has 0 bridgehead atoms. The summed E-state index contributed by atoms with van der Waals surface area (Å²) in [6.07, 6.45) is 1.25. The van der Waals surface area contributed by atoms with Crippen molar-refractivity contribution in [3.8, 4) is 0 Å². The third-order valence-electron chi connectivity index (χ3n) is 1.66. The Labute approximate surface area is 120 Å². The van der Waals surface area contributed by atoms with Crippen molar-refractivity contribution < 1.29 is 0 Å². The van der Waals surface area contributed by atoms with E-state index in [1.165, 1.54) is 17.2 Å². The molecule has 0 heteroatoms. The standard InChI is InChI=1S/C10H8.C4H10.C3H8.C2H6/c1-2-6-10-8-4-3-7-9(10)5-1;1-4(2)3;1-3-2;1-2/h1-8H;4H,1-3H3;3H2,1-2H3;1-2H3. The van der Waals surface area contributed by atoms with Crippen molar-refractivity contribution in [2.45, 2.75) is 54.9 Å². The second kappa shape index (κ2) is 14.8. The molecule has 2 aromatic rings. The minimum Gasteiger partial charge on any atom is -0.0683 e. The molecule has 0 amide bonds. The van der Waals surface area contributed by atoms with Gasteiger partial charge in [-0.1, -0.05) is 103 Å². The predicted molar refractivity (Wildman–Crippen MR) is 91.8 cm³/mol. The van der Waals surface area contributed by atoms with Crippen molar-refractivity contribution >= 4 is 10.8 Å². The number of rotatable bonds is 0. The summed E-state index contributed by atoms with van der Waals surface area (Å²) < 4.78 is 0. The molecule has 0 saturated carbocycles. The van der Waals surface area contributed by atoms with Crippen LogP contribution in [0, 0.1) is 5.92 Å². The van der Waals surface area contributed by atoms with Gasteiger partial charge in [0.25, 0.3) is 0 Å². The molecule has 0 heterocycles. The second-order valence-electron chi connectivity index (χ2n) is 4.79. The van der Waals surface area contributed by atoms with Crippen molar-refractivity contribution in [2.75, 3.05) is 0 Å². The fraction of sp³-hybridized carbons (Fsp3) is 0.474. The third kappa shape index (κ3) is 12.9. The van der Waals surface area contributed by atoms with E-state index in [4.69, 9.17) is 0 Å². The Hall–Kier alpha value is -1.30. The Morgan fingerprint density at radius 3 is 1.00 bits per heavy atom. The summed E-state index contributed by atoms with van der Waals surface area (Å²) in [6.45, 7) is 14.7. The van der Waals surface area contributed by atoms with Crippen LogP contribution in [0.3, 0.4) is 0 Å². The first-order chi connectivity index (χ1) is 9.11. The minimum atomic E-state index is 0.833. The molecule has 0 aromatic heterocycles. The Morgan fingerprint density at radius 1 is 0.684 bits per heavy atom. The Morgan fingerprint density at radius 2 is 0.842 bits per heavy atom. The van der Waals surface area contributed by atoms with E-state index < -0.39 is 0 Å². The van der Waals surface area contributed by atoms with Gasteiger partial charge in [-0.05, 0) is 16.7 Å². The smallest absolute Gasteiger partial charge is 0.0184 e. The monoisotopic (exact) mass is 260 g/mol. The lowest BCUT2D eigenvalue weighted by Gasteiger charge is -1.92. The average molecular weight is 260 g/mol. The Kier molecular flexibility index (Phi) is 15.6. The molecule has 0 nitrogen and oxygen atoms in total. The predicted octanol–water partition coefficient (Wildman–Crippen LogP) is 6.94. The molecule has 0 aliphatic rings. The highest BCUT2D eigenvalue weighted by Crippen LogP contribution is 2.11. The Balaban J connectivity index is 0. The highest BCUT2D eigenvalue weighted by atomic mass is 13.9. The van der Waals surface area contributed by atoms with Gasteiger partial charge in [0, 0.05) is 0 Å². The summed E-state index contributed by atoms with van der Waals surface area (Å²) in [5.41, 5.74) is 0. The SMILES string of the molecule is CC.CC(C)C.CCC.c1ccc2ccccc2c1. The zero-order valence-electron chi connectivity index (χ0n) is 13.9. The summed E-state index contributed by atoms with van der Waals surface area (Å²) in [6, 6.07) is 16.7. The second-order valence-corrected chi connectivity index (χ2v) is 4.79. The quantitative estimate of drug-likeness (QED) is 0.481. The molecule has 19 heavy (non-hydrogen) atoms. The van der Waals surface area contributed by atoms with Gasteiger partial charge < -0.3 is 0 Å². The van der Waals surface area contributed by atoms with Crippen molar-refractivity contribution in [1.82, 2.24) is 0 Å². The van der Waals surface area contributed by atoms with E-state index in [0.717, 1.165) is 5.92 Å². The van der Waals surface area contributed by atoms with Gasteiger partial charge in [-0.3, -0.25) is 0 Å². The van der Waals surface area contributed by atoms with E-state index in [0.29, 0.717) is 0 Å². The number of hydrogen-bond donors (Lipinski definition) is 0. The van der Waals surface area contributed by atoms with E-state index in [1.807, 2.05) is 13.8 Å². The molecule has 0 fully saturated rings. The fourth-order valence-corrected chi connectivity index (χ4v) is 1.13. The van der Waals surface area contributed by atoms with Gasteiger partial charge >= 0.3 is 0 Å². The first-order valence-electron chi connectivity index (χ1n) is 7.55. The molecular weight excluding hydrogens is 228 g/mol. The summed E-state index contributed by atoms with van der Waals surface area (Å²) in [7, 11) is 0. The van der Waals surface area contributed by atoms with Gasteiger partial charge in [0.2, 0.25) is 0 Å². The van der Waals surface area contributed by atoms with Gasteiger partial charge in [-0.2, -0.15) is 0 Å². The zero-order chi connectivity index (χ0) is 15.1. The topological polar surface area (TPSA) is 0 Å². The molecule has 0 aliphatic carbocycles. The van der Waals surface area contributed by atoms with E-state index in [2.05, 4.69) is 83.1 Å². The van der Waals surface area contributed by atoms with Crippen LogP contribution in [0.1, 0.15) is 54.9 Å². The average Bonchev–Trinajstić information content (AvgIpc) is 2.41. The maximum Gasteiger partial charge on any atom is -0.0184 e. The van der Waals surface area contributed by atoms with Crippen molar-refractivity contribution in [3.63, 3.8) is 0 Å². The maximum absolute atomic E-state index is 2.17. The Bertz CT molecular complexity index is 320. The highest BCUT2D eigenvalue weighted by molar-refractivity contribution is 5.81. The molecule has 0 aliphatic heterocycles. The lowest BCUT2D eigenvalue weighted by Crippen LogP contribution is -1.67. The van der Waals surface area contributed by atoms with Crippen molar-refractivity contribution in [2.24, 2.45) is 5.92 Å². The van der Waals surface area contributed by atoms with Gasteiger partial charge in [-0.25, -0.2) is 0 Å². The number of hydrogen-bond acceptors (Lipinski definition) is 0. The van der Waals surface area contributed by atoms with Crippen LogP contribution in [0.4, 0.5) is 0 Å². The molecule has 0 spiro atoms. The largest absolute Gasteiger partial charge is 0.0683 e. The molecule has 108 valence electrons. The molecule has 0 unspecified atom stereocenters. The van der Waals surface area contributed by atoms with Gasteiger partial charge in [0.05, 0.1) is 0 Å². The van der Waals surface area contributed by atoms with Crippen LogP contribution in [0.25, 0.3) is 10.8 Å². The van der Waals surface area contributed by atoms with E-state index in [1.54, 1.807) is 0 Å². The van der Waals surface area contributed by atoms with E-state index in [9.17, 15) is 0 Å². The van der Waals surface area contributed by atoms with Crippen LogP contribution in [-0.2, 0) is 0 Å². The summed E-state index contributed by atoms with van der Waals surface area (Å²) >= 11 is 0. The van der Waals surface area contributed by atoms with E-state index in [-0.39, 0.29) is 0 Å². The highest BCUT2D eigenvalue weighted by Gasteiger charge is 1.85. The van der Waals surface area contributed by atoms with Gasteiger partial charge in [-0.15, -0.1) is 0 Å². The first kappa shape index (κ1) is 20.0. The van der Waals surface area contributed by atoms with Crippen LogP contribution in [0.15, 0.2) is 48.5 Å². The molecular formula is C19H32. The normalized spacial score (nSPS) is 8.42. The van der Waals surface area contributed by atoms with Crippen molar-refractivity contribution in [3.05, 3.63) is 48.5 Å². The summed E-state index contributed by atoms with van der Waals surface area (Å²) in [5.74, 6) is 0.833. The molecule has 0 atom stereocenters. The van der Waals surface area contributed by atoms with Crippen LogP contribution < -0.4 is 0 Å². The van der Waals surface area contributed by atoms with Gasteiger partial charge in [0.15, 0.2) is 0 Å². The van der Waals surface area contributed by atoms with Gasteiger partial charge in [0.1, 0.15) is 0 Å². The lowest BCUT2D eigenvalue weighted by atomic mass is 10.1. The summed E-state index contributed by atoms with van der Waals surface area (Å²) in [5, 5.41) is 2.62. The van der Waals surface area contributed by atoms with E-state index >= 15 is 0 Å². The zero-order valence-corrected chi connectivity index (χ0v) is 13.9. The molecule has 0 N–H and O–H groups in total. The third-order valence-corrected chi connectivity index (χ3v) is 1.66. The maximum atomic E-state index is 2.17. The molecule has 2 aromatic carbocycles. The molecule has 2 rings (SSSR count). The van der Waals surface area contributed by atoms with Crippen LogP contribution >= 0.6 is 0 Å². The minimum absolute atomic E-state index is 0.833. The first-order valence-corrected chi connectivity index (χ1v) is 7.55. The van der Waals surface area contributed by atoms with Crippen molar-refractivity contribution in [1.29, 1.82) is 0 Å². The lowest BCUT2D eigenvalue weighted by molar-refractivity contribution is 0.737. The van der Waals surface area contributed by atoms with Crippen LogP contribution in [0.5, 0.6) is 0 Å². The molecule has 0 saturated heterocycles. The van der Waals surface area contributed by atoms with Crippen LogP contribution in [-0.4, -0.2) is 0 Å². The molecule has 0 radical (unpaired) electrons. The summed E-state index contributed by atoms with van der Waals surface area (Å²) in [4.78, 5) is 0. The van der Waals surface area contributed by atoms with Crippen LogP contribution in [0.2, 0.25) is 0 Å². The number of benzene rings is 2. The number of fused-ring (bicyclic) bond motifs is 1.